The maximum atomic E-state index is 11.9. The first-order valence-electron chi connectivity index (χ1n) is 6.13. The van der Waals surface area contributed by atoms with Crippen LogP contribution in [0.15, 0.2) is 18.2 Å². The van der Waals surface area contributed by atoms with E-state index in [0.29, 0.717) is 36.1 Å². The van der Waals surface area contributed by atoms with Gasteiger partial charge in [0.15, 0.2) is 0 Å². The van der Waals surface area contributed by atoms with E-state index in [9.17, 15) is 4.79 Å². The summed E-state index contributed by atoms with van der Waals surface area (Å²) in [6, 6.07) is 5.22. The molecule has 1 unspecified atom stereocenters. The standard InChI is InChI=1S/C13H17ClN2O3.ClH/c1-18-12-3-2-9(6-11(12)14)16-13(17)7-10-8-19-5-4-15-10;/h2-3,6,10,15H,4-5,7-8H2,1H3,(H,16,17);1H. The van der Waals surface area contributed by atoms with Crippen molar-refractivity contribution < 1.29 is 14.3 Å². The SMILES string of the molecule is COc1ccc(NC(=O)CC2COCCN2)cc1Cl.Cl. The summed E-state index contributed by atoms with van der Waals surface area (Å²) < 4.78 is 10.4. The van der Waals surface area contributed by atoms with Gasteiger partial charge in [-0.1, -0.05) is 11.6 Å². The molecule has 1 saturated heterocycles. The quantitative estimate of drug-likeness (QED) is 0.891. The van der Waals surface area contributed by atoms with Gasteiger partial charge in [0.25, 0.3) is 0 Å². The topological polar surface area (TPSA) is 59.6 Å². The molecule has 2 rings (SSSR count). The first kappa shape index (κ1) is 17.0. The number of hydrogen-bond acceptors (Lipinski definition) is 4. The molecule has 20 heavy (non-hydrogen) atoms. The van der Waals surface area contributed by atoms with Gasteiger partial charge in [-0.05, 0) is 18.2 Å². The highest BCUT2D eigenvalue weighted by atomic mass is 35.5. The molecule has 1 aliphatic rings. The lowest BCUT2D eigenvalue weighted by Crippen LogP contribution is -2.43. The molecule has 1 aliphatic heterocycles. The molecule has 7 heteroatoms. The summed E-state index contributed by atoms with van der Waals surface area (Å²) in [7, 11) is 1.55. The average Bonchev–Trinajstić information content (AvgIpc) is 2.40. The Morgan fingerprint density at radius 3 is 3.00 bits per heavy atom. The number of benzene rings is 1. The smallest absolute Gasteiger partial charge is 0.226 e. The number of ether oxygens (including phenoxy) is 2. The number of carbonyl (C=O) groups is 1. The van der Waals surface area contributed by atoms with Crippen LogP contribution < -0.4 is 15.4 Å². The van der Waals surface area contributed by atoms with Crippen LogP contribution in [0.4, 0.5) is 5.69 Å². The van der Waals surface area contributed by atoms with E-state index in [1.807, 2.05) is 0 Å². The number of anilines is 1. The summed E-state index contributed by atoms with van der Waals surface area (Å²) in [4.78, 5) is 11.9. The lowest BCUT2D eigenvalue weighted by molar-refractivity contribution is -0.117. The van der Waals surface area contributed by atoms with Crippen LogP contribution in [0.3, 0.4) is 0 Å². The zero-order chi connectivity index (χ0) is 13.7. The van der Waals surface area contributed by atoms with Gasteiger partial charge in [-0.25, -0.2) is 0 Å². The van der Waals surface area contributed by atoms with E-state index in [0.717, 1.165) is 6.54 Å². The van der Waals surface area contributed by atoms with Gasteiger partial charge in [-0.2, -0.15) is 0 Å². The molecule has 1 heterocycles. The Labute approximate surface area is 129 Å². The lowest BCUT2D eigenvalue weighted by atomic mass is 10.2. The van der Waals surface area contributed by atoms with Crippen LogP contribution in [0.1, 0.15) is 6.42 Å². The van der Waals surface area contributed by atoms with Crippen LogP contribution in [0.2, 0.25) is 5.02 Å². The third kappa shape index (κ3) is 4.83. The molecule has 0 aliphatic carbocycles. The molecule has 0 bridgehead atoms. The molecule has 1 aromatic rings. The molecule has 1 atom stereocenters. The Bertz CT molecular complexity index is 451. The lowest BCUT2D eigenvalue weighted by Gasteiger charge is -2.23. The van der Waals surface area contributed by atoms with Gasteiger partial charge in [0.2, 0.25) is 5.91 Å². The monoisotopic (exact) mass is 320 g/mol. The minimum absolute atomic E-state index is 0. The van der Waals surface area contributed by atoms with Gasteiger partial charge in [0, 0.05) is 24.7 Å². The molecule has 0 aromatic heterocycles. The Balaban J connectivity index is 0.00000200. The van der Waals surface area contributed by atoms with Crippen molar-refractivity contribution in [2.75, 3.05) is 32.2 Å². The molecule has 5 nitrogen and oxygen atoms in total. The van der Waals surface area contributed by atoms with Crippen LogP contribution in [-0.4, -0.2) is 38.8 Å². The maximum absolute atomic E-state index is 11.9. The molecule has 0 saturated carbocycles. The molecule has 0 spiro atoms. The zero-order valence-corrected chi connectivity index (χ0v) is 12.7. The molecule has 2 N–H and O–H groups in total. The normalized spacial score (nSPS) is 18.0. The Morgan fingerprint density at radius 2 is 2.40 bits per heavy atom. The highest BCUT2D eigenvalue weighted by molar-refractivity contribution is 6.32. The van der Waals surface area contributed by atoms with Crippen LogP contribution in [-0.2, 0) is 9.53 Å². The number of rotatable bonds is 4. The fraction of sp³-hybridized carbons (Fsp3) is 0.462. The van der Waals surface area contributed by atoms with Crippen molar-refractivity contribution in [2.24, 2.45) is 0 Å². The minimum atomic E-state index is -0.0655. The first-order valence-corrected chi connectivity index (χ1v) is 6.51. The number of amides is 1. The van der Waals surface area contributed by atoms with Crippen molar-refractivity contribution in [3.8, 4) is 5.75 Å². The number of morpholine rings is 1. The van der Waals surface area contributed by atoms with Crippen molar-refractivity contribution >= 4 is 35.6 Å². The van der Waals surface area contributed by atoms with Crippen LogP contribution in [0.25, 0.3) is 0 Å². The Kier molecular flexibility index (Phi) is 7.09. The summed E-state index contributed by atoms with van der Waals surface area (Å²) in [5.74, 6) is 0.520. The number of halogens is 2. The van der Waals surface area contributed by atoms with E-state index < -0.39 is 0 Å². The summed E-state index contributed by atoms with van der Waals surface area (Å²) in [6.07, 6.45) is 0.379. The third-order valence-corrected chi connectivity index (χ3v) is 3.16. The van der Waals surface area contributed by atoms with Gasteiger partial charge >= 0.3 is 0 Å². The van der Waals surface area contributed by atoms with Crippen molar-refractivity contribution in [3.63, 3.8) is 0 Å². The third-order valence-electron chi connectivity index (χ3n) is 2.87. The van der Waals surface area contributed by atoms with E-state index in [2.05, 4.69) is 10.6 Å². The van der Waals surface area contributed by atoms with Gasteiger partial charge in [0.05, 0.1) is 25.3 Å². The fourth-order valence-corrected chi connectivity index (χ4v) is 2.19. The van der Waals surface area contributed by atoms with E-state index in [1.165, 1.54) is 0 Å². The predicted octanol–water partition coefficient (Wildman–Crippen LogP) is 2.09. The van der Waals surface area contributed by atoms with Crippen LogP contribution >= 0.6 is 24.0 Å². The summed E-state index contributed by atoms with van der Waals surface area (Å²) >= 11 is 6.00. The van der Waals surface area contributed by atoms with Crippen molar-refractivity contribution in [2.45, 2.75) is 12.5 Å². The molecular weight excluding hydrogens is 303 g/mol. The van der Waals surface area contributed by atoms with Crippen LogP contribution in [0, 0.1) is 0 Å². The molecule has 112 valence electrons. The van der Waals surface area contributed by atoms with Gasteiger partial charge in [-0.3, -0.25) is 4.79 Å². The van der Waals surface area contributed by atoms with Crippen molar-refractivity contribution in [1.29, 1.82) is 0 Å². The van der Waals surface area contributed by atoms with Crippen molar-refractivity contribution in [3.05, 3.63) is 23.2 Å². The predicted molar refractivity (Wildman–Crippen MR) is 81.1 cm³/mol. The highest BCUT2D eigenvalue weighted by Crippen LogP contribution is 2.27. The molecule has 1 amide bonds. The van der Waals surface area contributed by atoms with Gasteiger partial charge in [0.1, 0.15) is 5.75 Å². The molecular formula is C13H18Cl2N2O3. The van der Waals surface area contributed by atoms with Crippen molar-refractivity contribution in [1.82, 2.24) is 5.32 Å². The number of hydrogen-bond donors (Lipinski definition) is 2. The summed E-state index contributed by atoms with van der Waals surface area (Å²) in [6.45, 7) is 2.05. The Morgan fingerprint density at radius 1 is 1.60 bits per heavy atom. The summed E-state index contributed by atoms with van der Waals surface area (Å²) in [5.41, 5.74) is 0.660. The largest absolute Gasteiger partial charge is 0.495 e. The highest BCUT2D eigenvalue weighted by Gasteiger charge is 2.17. The zero-order valence-electron chi connectivity index (χ0n) is 11.1. The van der Waals surface area contributed by atoms with Gasteiger partial charge in [-0.15, -0.1) is 12.4 Å². The number of methoxy groups -OCH3 is 1. The van der Waals surface area contributed by atoms with E-state index in [-0.39, 0.29) is 24.4 Å². The molecule has 1 fully saturated rings. The second kappa shape index (κ2) is 8.32. The van der Waals surface area contributed by atoms with E-state index >= 15 is 0 Å². The fourth-order valence-electron chi connectivity index (χ4n) is 1.93. The molecule has 1 aromatic carbocycles. The second-order valence-corrected chi connectivity index (χ2v) is 4.73. The van der Waals surface area contributed by atoms with E-state index in [1.54, 1.807) is 25.3 Å². The number of carbonyl (C=O) groups excluding carboxylic acids is 1. The average molecular weight is 321 g/mol. The molecule has 0 radical (unpaired) electrons. The number of nitrogens with one attached hydrogen (secondary N) is 2. The first-order chi connectivity index (χ1) is 9.19. The Hall–Kier alpha value is -1.01. The van der Waals surface area contributed by atoms with E-state index in [4.69, 9.17) is 21.1 Å². The van der Waals surface area contributed by atoms with Gasteiger partial charge < -0.3 is 20.1 Å². The minimum Gasteiger partial charge on any atom is -0.495 e. The van der Waals surface area contributed by atoms with Crippen LogP contribution in [0.5, 0.6) is 5.75 Å². The second-order valence-electron chi connectivity index (χ2n) is 4.33. The maximum Gasteiger partial charge on any atom is 0.226 e. The summed E-state index contributed by atoms with van der Waals surface area (Å²) in [5, 5.41) is 6.51.